The molecule has 1 aromatic carbocycles. The molecule has 3 rings (SSSR count). The quantitative estimate of drug-likeness (QED) is 0.598. The molecule has 1 saturated carbocycles. The van der Waals surface area contributed by atoms with Gasteiger partial charge in [0.25, 0.3) is 5.91 Å². The monoisotopic (exact) mass is 370 g/mol. The number of hydrogen-bond donors (Lipinski definition) is 1. The normalized spacial score (nSPS) is 19.0. The van der Waals surface area contributed by atoms with Gasteiger partial charge in [-0.15, -0.1) is 0 Å². The van der Waals surface area contributed by atoms with Crippen molar-refractivity contribution >= 4 is 29.3 Å². The molecule has 1 fully saturated rings. The second-order valence-electron chi connectivity index (χ2n) is 6.49. The summed E-state index contributed by atoms with van der Waals surface area (Å²) < 4.78 is 11.0. The highest BCUT2D eigenvalue weighted by Gasteiger charge is 2.36. The third-order valence-corrected chi connectivity index (χ3v) is 4.91. The van der Waals surface area contributed by atoms with E-state index in [1.54, 1.807) is 18.2 Å². The summed E-state index contributed by atoms with van der Waals surface area (Å²) in [6.45, 7) is 3.99. The van der Waals surface area contributed by atoms with Crippen LogP contribution >= 0.6 is 11.6 Å². The average molecular weight is 371 g/mol. The third-order valence-electron chi connectivity index (χ3n) is 4.50. The highest BCUT2D eigenvalue weighted by Crippen LogP contribution is 2.47. The van der Waals surface area contributed by atoms with Gasteiger partial charge in [0.15, 0.2) is 0 Å². The van der Waals surface area contributed by atoms with Crippen molar-refractivity contribution in [1.82, 2.24) is 0 Å². The Bertz CT molecular complexity index is 924. The zero-order valence-electron chi connectivity index (χ0n) is 14.8. The Morgan fingerprint density at radius 3 is 2.81 bits per heavy atom. The average Bonchev–Trinajstić information content (AvgIpc) is 3.16. The number of nitrogens with one attached hydrogen (secondary N) is 1. The number of furan rings is 1. The number of rotatable bonds is 5. The third kappa shape index (κ3) is 3.76. The zero-order chi connectivity index (χ0) is 18.8. The van der Waals surface area contributed by atoms with Crippen molar-refractivity contribution in [3.63, 3.8) is 0 Å². The Morgan fingerprint density at radius 2 is 2.19 bits per heavy atom. The second-order valence-corrected chi connectivity index (χ2v) is 6.89. The largest absolute Gasteiger partial charge is 0.495 e. The van der Waals surface area contributed by atoms with Crippen LogP contribution in [0.5, 0.6) is 5.75 Å². The molecule has 134 valence electrons. The molecule has 1 N–H and O–H groups in total. The number of carbonyl (C=O) groups excluding carboxylic acids is 1. The molecule has 1 aliphatic carbocycles. The lowest BCUT2D eigenvalue weighted by Gasteiger charge is -2.11. The van der Waals surface area contributed by atoms with Gasteiger partial charge in [0.1, 0.15) is 28.9 Å². The van der Waals surface area contributed by atoms with Crippen LogP contribution in [0, 0.1) is 24.2 Å². The maximum absolute atomic E-state index is 12.5. The first-order valence-corrected chi connectivity index (χ1v) is 8.67. The summed E-state index contributed by atoms with van der Waals surface area (Å²) in [5.74, 6) is 2.34. The number of ether oxygens (including phenoxy) is 1. The van der Waals surface area contributed by atoms with Crippen molar-refractivity contribution in [1.29, 1.82) is 5.26 Å². The number of nitriles is 1. The van der Waals surface area contributed by atoms with Crippen LogP contribution in [0.1, 0.15) is 36.3 Å². The minimum atomic E-state index is -0.537. The van der Waals surface area contributed by atoms with Crippen LogP contribution in [0.2, 0.25) is 5.02 Å². The first kappa shape index (κ1) is 18.1. The molecule has 0 saturated heterocycles. The van der Waals surface area contributed by atoms with Gasteiger partial charge in [0.2, 0.25) is 0 Å². The topological polar surface area (TPSA) is 75.3 Å². The van der Waals surface area contributed by atoms with E-state index in [0.29, 0.717) is 34.1 Å². The van der Waals surface area contributed by atoms with E-state index < -0.39 is 5.91 Å². The first-order valence-electron chi connectivity index (χ1n) is 8.30. The van der Waals surface area contributed by atoms with Gasteiger partial charge in [0, 0.05) is 23.1 Å². The van der Waals surface area contributed by atoms with Gasteiger partial charge in [-0.2, -0.15) is 5.26 Å². The van der Waals surface area contributed by atoms with Gasteiger partial charge in [-0.3, -0.25) is 4.79 Å². The Hall–Kier alpha value is -2.71. The molecule has 1 aliphatic rings. The molecule has 0 spiro atoms. The number of nitrogens with zero attached hydrogens (tertiary/aromatic N) is 1. The molecular formula is C20H19ClN2O3. The lowest BCUT2D eigenvalue weighted by atomic mass is 10.1. The fourth-order valence-corrected chi connectivity index (χ4v) is 2.93. The Morgan fingerprint density at radius 1 is 1.46 bits per heavy atom. The maximum atomic E-state index is 12.5. The molecule has 1 amide bonds. The van der Waals surface area contributed by atoms with Crippen LogP contribution in [0.15, 0.2) is 34.3 Å². The summed E-state index contributed by atoms with van der Waals surface area (Å²) in [4.78, 5) is 12.5. The second kappa shape index (κ2) is 7.27. The van der Waals surface area contributed by atoms with E-state index in [0.717, 1.165) is 17.7 Å². The number of methoxy groups -OCH3 is 1. The zero-order valence-corrected chi connectivity index (χ0v) is 15.6. The van der Waals surface area contributed by atoms with Crippen molar-refractivity contribution in [3.05, 3.63) is 51.9 Å². The fraction of sp³-hybridized carbons (Fsp3) is 0.300. The summed E-state index contributed by atoms with van der Waals surface area (Å²) in [5, 5.41) is 12.6. The van der Waals surface area contributed by atoms with Crippen LogP contribution in [0.4, 0.5) is 5.69 Å². The van der Waals surface area contributed by atoms with Gasteiger partial charge < -0.3 is 14.5 Å². The number of benzene rings is 1. The number of amides is 1. The van der Waals surface area contributed by atoms with E-state index in [-0.39, 0.29) is 5.57 Å². The smallest absolute Gasteiger partial charge is 0.266 e. The number of halogens is 1. The van der Waals surface area contributed by atoms with Gasteiger partial charge in [-0.1, -0.05) is 18.5 Å². The highest BCUT2D eigenvalue weighted by molar-refractivity contribution is 6.31. The van der Waals surface area contributed by atoms with Gasteiger partial charge in [0.05, 0.1) is 12.8 Å². The molecule has 26 heavy (non-hydrogen) atoms. The lowest BCUT2D eigenvalue weighted by molar-refractivity contribution is -0.112. The molecular weight excluding hydrogens is 352 g/mol. The summed E-state index contributed by atoms with van der Waals surface area (Å²) in [6, 6.07) is 8.92. The molecule has 0 radical (unpaired) electrons. The van der Waals surface area contributed by atoms with E-state index in [9.17, 15) is 10.1 Å². The fourth-order valence-electron chi connectivity index (χ4n) is 2.77. The van der Waals surface area contributed by atoms with E-state index in [4.69, 9.17) is 20.8 Å². The van der Waals surface area contributed by atoms with Crippen LogP contribution in [-0.4, -0.2) is 13.0 Å². The van der Waals surface area contributed by atoms with Crippen molar-refractivity contribution in [2.45, 2.75) is 26.2 Å². The van der Waals surface area contributed by atoms with Crippen molar-refractivity contribution in [2.75, 3.05) is 12.4 Å². The number of hydrogen-bond acceptors (Lipinski definition) is 4. The predicted octanol–water partition coefficient (Wildman–Crippen LogP) is 4.92. The van der Waals surface area contributed by atoms with Crippen LogP contribution in [0.25, 0.3) is 6.08 Å². The predicted molar refractivity (Wildman–Crippen MR) is 100 cm³/mol. The van der Waals surface area contributed by atoms with E-state index in [2.05, 4.69) is 12.2 Å². The molecule has 5 nitrogen and oxygen atoms in total. The molecule has 1 aromatic heterocycles. The van der Waals surface area contributed by atoms with Crippen molar-refractivity contribution in [3.8, 4) is 11.8 Å². The van der Waals surface area contributed by atoms with Crippen molar-refractivity contribution < 1.29 is 13.9 Å². The van der Waals surface area contributed by atoms with Crippen LogP contribution in [-0.2, 0) is 4.79 Å². The molecule has 2 atom stereocenters. The van der Waals surface area contributed by atoms with Crippen LogP contribution < -0.4 is 10.1 Å². The SMILES string of the molecule is COc1cc(Cl)c(C)cc1NC(=O)/C(C#N)=C/c1ccc([C@@H]2C[C@H]2C)o1. The van der Waals surface area contributed by atoms with E-state index >= 15 is 0 Å². The molecule has 1 heterocycles. The minimum absolute atomic E-state index is 0.0515. The van der Waals surface area contributed by atoms with Gasteiger partial charge in [-0.25, -0.2) is 0 Å². The maximum Gasteiger partial charge on any atom is 0.266 e. The minimum Gasteiger partial charge on any atom is -0.495 e. The van der Waals surface area contributed by atoms with E-state index in [1.165, 1.54) is 13.2 Å². The van der Waals surface area contributed by atoms with Gasteiger partial charge in [-0.05, 0) is 43.0 Å². The molecule has 2 aromatic rings. The standard InChI is InChI=1S/C20H19ClN2O3/c1-11-6-15(11)18-5-4-14(26-18)8-13(10-22)20(24)23-17-7-12(2)16(21)9-19(17)25-3/h4-5,7-9,11,15H,6H2,1-3H3,(H,23,24)/b13-8+/t11-,15-/m1/s1. The lowest BCUT2D eigenvalue weighted by Crippen LogP contribution is -2.14. The summed E-state index contributed by atoms with van der Waals surface area (Å²) >= 11 is 6.07. The molecule has 0 unspecified atom stereocenters. The molecule has 6 heteroatoms. The molecule has 0 aliphatic heterocycles. The highest BCUT2D eigenvalue weighted by atomic mass is 35.5. The Balaban J connectivity index is 1.80. The summed E-state index contributed by atoms with van der Waals surface area (Å²) in [5.41, 5.74) is 1.19. The van der Waals surface area contributed by atoms with Crippen LogP contribution in [0.3, 0.4) is 0 Å². The summed E-state index contributed by atoms with van der Waals surface area (Å²) in [7, 11) is 1.49. The van der Waals surface area contributed by atoms with Gasteiger partial charge >= 0.3 is 0 Å². The Kier molecular flexibility index (Phi) is 5.06. The Labute approximate surface area is 157 Å². The number of anilines is 1. The number of carbonyl (C=O) groups is 1. The molecule has 0 bridgehead atoms. The van der Waals surface area contributed by atoms with E-state index in [1.807, 2.05) is 19.1 Å². The number of aryl methyl sites for hydroxylation is 1. The first-order chi connectivity index (χ1) is 12.4. The summed E-state index contributed by atoms with van der Waals surface area (Å²) in [6.07, 6.45) is 2.55. The van der Waals surface area contributed by atoms with Crippen molar-refractivity contribution in [2.24, 2.45) is 5.92 Å².